The Balaban J connectivity index is 2.93. The molecule has 0 aliphatic heterocycles. The van der Waals surface area contributed by atoms with E-state index in [0.717, 1.165) is 12.8 Å². The van der Waals surface area contributed by atoms with Gasteiger partial charge in [-0.25, -0.2) is 4.21 Å². The van der Waals surface area contributed by atoms with Crippen LogP contribution >= 0.6 is 0 Å². The molecule has 0 aliphatic carbocycles. The standard InChI is InChI=1S/C15H32O3S/c1-2-3-4-5-6-7-8-9-10-11-12-13-14-15-18-19(16)17/h2-15H2,1H3,(H,16,17)/p-1. The van der Waals surface area contributed by atoms with Crippen LogP contribution in [0, 0.1) is 0 Å². The molecule has 0 spiro atoms. The lowest BCUT2D eigenvalue weighted by Gasteiger charge is -2.05. The number of rotatable bonds is 15. The highest BCUT2D eigenvalue weighted by Gasteiger charge is 1.94. The van der Waals surface area contributed by atoms with Crippen molar-refractivity contribution in [3.63, 3.8) is 0 Å². The molecule has 0 saturated heterocycles. The van der Waals surface area contributed by atoms with E-state index < -0.39 is 11.4 Å². The van der Waals surface area contributed by atoms with Crippen molar-refractivity contribution < 1.29 is 12.9 Å². The normalized spacial score (nSPS) is 12.7. The average Bonchev–Trinajstić information content (AvgIpc) is 2.39. The largest absolute Gasteiger partial charge is 0.750 e. The quantitative estimate of drug-likeness (QED) is 0.319. The monoisotopic (exact) mass is 291 g/mol. The molecule has 4 heteroatoms. The van der Waals surface area contributed by atoms with E-state index in [1.54, 1.807) is 0 Å². The second-order valence-corrected chi connectivity index (χ2v) is 5.91. The molecule has 1 unspecified atom stereocenters. The van der Waals surface area contributed by atoms with Gasteiger partial charge in [0.25, 0.3) is 0 Å². The molecule has 1 atom stereocenters. The molecule has 0 saturated carbocycles. The van der Waals surface area contributed by atoms with E-state index in [1.807, 2.05) is 0 Å². The zero-order chi connectivity index (χ0) is 14.2. The molecule has 0 heterocycles. The van der Waals surface area contributed by atoms with Gasteiger partial charge in [0.15, 0.2) is 0 Å². The van der Waals surface area contributed by atoms with Gasteiger partial charge < -0.3 is 8.74 Å². The summed E-state index contributed by atoms with van der Waals surface area (Å²) in [5.74, 6) is 0. The van der Waals surface area contributed by atoms with Crippen molar-refractivity contribution in [2.75, 3.05) is 6.61 Å². The molecule has 0 aliphatic rings. The van der Waals surface area contributed by atoms with Gasteiger partial charge in [0.05, 0.1) is 18.0 Å². The summed E-state index contributed by atoms with van der Waals surface area (Å²) in [6, 6.07) is 0. The molecule has 19 heavy (non-hydrogen) atoms. The van der Waals surface area contributed by atoms with Gasteiger partial charge in [-0.1, -0.05) is 84.0 Å². The summed E-state index contributed by atoms with van der Waals surface area (Å²) >= 11 is -2.33. The Morgan fingerprint density at radius 1 is 0.737 bits per heavy atom. The van der Waals surface area contributed by atoms with E-state index in [4.69, 9.17) is 0 Å². The third-order valence-corrected chi connectivity index (χ3v) is 3.79. The molecule has 0 amide bonds. The van der Waals surface area contributed by atoms with Crippen LogP contribution in [0.4, 0.5) is 0 Å². The van der Waals surface area contributed by atoms with Gasteiger partial charge >= 0.3 is 0 Å². The third kappa shape index (κ3) is 18.1. The van der Waals surface area contributed by atoms with Crippen LogP contribution in [-0.4, -0.2) is 15.4 Å². The van der Waals surface area contributed by atoms with Crippen molar-refractivity contribution in [3.8, 4) is 0 Å². The van der Waals surface area contributed by atoms with Gasteiger partial charge in [-0.05, 0) is 6.42 Å². The molecule has 0 bridgehead atoms. The number of unbranched alkanes of at least 4 members (excludes halogenated alkanes) is 12. The molecule has 0 N–H and O–H groups in total. The topological polar surface area (TPSA) is 49.4 Å². The number of hydrogen-bond acceptors (Lipinski definition) is 3. The van der Waals surface area contributed by atoms with Crippen LogP contribution in [-0.2, 0) is 15.5 Å². The Morgan fingerprint density at radius 3 is 1.47 bits per heavy atom. The fourth-order valence-corrected chi connectivity index (χ4v) is 2.50. The lowest BCUT2D eigenvalue weighted by molar-refractivity contribution is 0.290. The highest BCUT2D eigenvalue weighted by atomic mass is 32.2. The summed E-state index contributed by atoms with van der Waals surface area (Å²) in [6.45, 7) is 2.60. The van der Waals surface area contributed by atoms with Crippen LogP contribution in [0.5, 0.6) is 0 Å². The van der Waals surface area contributed by atoms with E-state index in [1.165, 1.54) is 70.6 Å². The van der Waals surface area contributed by atoms with Crippen LogP contribution in [0.25, 0.3) is 0 Å². The maximum Gasteiger partial charge on any atom is 0.0842 e. The van der Waals surface area contributed by atoms with Crippen LogP contribution in [0.15, 0.2) is 0 Å². The highest BCUT2D eigenvalue weighted by Crippen LogP contribution is 2.12. The molecule has 0 fully saturated rings. The first-order chi connectivity index (χ1) is 9.27. The lowest BCUT2D eigenvalue weighted by Crippen LogP contribution is -1.97. The van der Waals surface area contributed by atoms with Crippen molar-refractivity contribution in [2.45, 2.75) is 90.4 Å². The summed E-state index contributed by atoms with van der Waals surface area (Å²) in [4.78, 5) is 0. The van der Waals surface area contributed by atoms with Crippen LogP contribution in [0.1, 0.15) is 90.4 Å². The Labute approximate surface area is 122 Å². The predicted octanol–water partition coefficient (Wildman–Crippen LogP) is 4.89. The molecule has 0 aromatic carbocycles. The summed E-state index contributed by atoms with van der Waals surface area (Å²) < 4.78 is 24.6. The average molecular weight is 291 g/mol. The summed E-state index contributed by atoms with van der Waals surface area (Å²) in [7, 11) is 0. The van der Waals surface area contributed by atoms with E-state index in [9.17, 15) is 8.76 Å². The maximum atomic E-state index is 10.1. The Bertz CT molecular complexity index is 198. The van der Waals surface area contributed by atoms with Crippen molar-refractivity contribution in [2.24, 2.45) is 0 Å². The summed E-state index contributed by atoms with van der Waals surface area (Å²) in [5, 5.41) is 0. The molecule has 0 radical (unpaired) electrons. The van der Waals surface area contributed by atoms with E-state index in [-0.39, 0.29) is 0 Å². The highest BCUT2D eigenvalue weighted by molar-refractivity contribution is 7.74. The van der Waals surface area contributed by atoms with Crippen LogP contribution in [0.3, 0.4) is 0 Å². The van der Waals surface area contributed by atoms with Crippen molar-refractivity contribution >= 4 is 11.4 Å². The van der Waals surface area contributed by atoms with E-state index >= 15 is 0 Å². The molecule has 116 valence electrons. The zero-order valence-electron chi connectivity index (χ0n) is 12.5. The number of hydrogen-bond donors (Lipinski definition) is 0. The van der Waals surface area contributed by atoms with E-state index in [0.29, 0.717) is 6.61 Å². The van der Waals surface area contributed by atoms with Crippen LogP contribution < -0.4 is 0 Å². The van der Waals surface area contributed by atoms with Gasteiger partial charge in [-0.2, -0.15) is 0 Å². The minimum atomic E-state index is -2.33. The van der Waals surface area contributed by atoms with Gasteiger partial charge in [-0.3, -0.25) is 0 Å². The SMILES string of the molecule is CCCCCCCCCCCCCCCOS(=O)[O-]. The van der Waals surface area contributed by atoms with Crippen molar-refractivity contribution in [3.05, 3.63) is 0 Å². The fraction of sp³-hybridized carbons (Fsp3) is 1.00. The zero-order valence-corrected chi connectivity index (χ0v) is 13.3. The third-order valence-electron chi connectivity index (χ3n) is 3.43. The van der Waals surface area contributed by atoms with Gasteiger partial charge in [0.2, 0.25) is 0 Å². The predicted molar refractivity (Wildman–Crippen MR) is 80.6 cm³/mol. The Hall–Kier alpha value is 0.0700. The van der Waals surface area contributed by atoms with E-state index in [2.05, 4.69) is 11.1 Å². The molecular formula is C15H31O3S-. The first-order valence-electron chi connectivity index (χ1n) is 8.00. The molecule has 0 aromatic heterocycles. The molecule has 0 rings (SSSR count). The second-order valence-electron chi connectivity index (χ2n) is 5.27. The second kappa shape index (κ2) is 16.1. The van der Waals surface area contributed by atoms with Crippen molar-refractivity contribution in [1.82, 2.24) is 0 Å². The Morgan fingerprint density at radius 2 is 1.11 bits per heavy atom. The smallest absolute Gasteiger partial charge is 0.0842 e. The van der Waals surface area contributed by atoms with Crippen molar-refractivity contribution in [1.29, 1.82) is 0 Å². The first-order valence-corrected chi connectivity index (χ1v) is 9.00. The van der Waals surface area contributed by atoms with Gasteiger partial charge in [0.1, 0.15) is 0 Å². The summed E-state index contributed by atoms with van der Waals surface area (Å²) in [6.07, 6.45) is 16.8. The minimum absolute atomic E-state index is 0.341. The molecule has 3 nitrogen and oxygen atoms in total. The maximum absolute atomic E-state index is 10.1. The Kier molecular flexibility index (Phi) is 16.2. The fourth-order valence-electron chi connectivity index (χ4n) is 2.25. The first kappa shape index (κ1) is 19.1. The van der Waals surface area contributed by atoms with Gasteiger partial charge in [0, 0.05) is 0 Å². The minimum Gasteiger partial charge on any atom is -0.750 e. The molecular weight excluding hydrogens is 260 g/mol. The summed E-state index contributed by atoms with van der Waals surface area (Å²) in [5.41, 5.74) is 0. The molecule has 0 aromatic rings. The lowest BCUT2D eigenvalue weighted by atomic mass is 10.0. The van der Waals surface area contributed by atoms with Gasteiger partial charge in [-0.15, -0.1) is 0 Å². The van der Waals surface area contributed by atoms with Crippen LogP contribution in [0.2, 0.25) is 0 Å².